The number of halogens is 3. The zero-order valence-corrected chi connectivity index (χ0v) is 22.2. The SMILES string of the molecule is O=C(O)c1c(-c2cccc(CCCCCCCCCC(F)(F)F)c2)ccc2nn(-c3cc4ccccc4[nH]3)cc12. The van der Waals surface area contributed by atoms with Crippen LogP contribution in [0.3, 0.4) is 0 Å². The van der Waals surface area contributed by atoms with Gasteiger partial charge in [0.15, 0.2) is 0 Å². The summed E-state index contributed by atoms with van der Waals surface area (Å²) in [6.07, 6.45) is 3.52. The van der Waals surface area contributed by atoms with E-state index >= 15 is 0 Å². The maximum Gasteiger partial charge on any atom is 0.389 e. The number of aromatic carboxylic acids is 1. The maximum absolute atomic E-state index is 12.5. The Morgan fingerprint density at radius 1 is 0.875 bits per heavy atom. The first kappa shape index (κ1) is 27.5. The number of rotatable bonds is 12. The summed E-state index contributed by atoms with van der Waals surface area (Å²) in [4.78, 5) is 15.8. The minimum absolute atomic E-state index is 0.213. The Hall–Kier alpha value is -4.07. The van der Waals surface area contributed by atoms with Crippen molar-refractivity contribution in [3.8, 4) is 16.9 Å². The molecule has 2 aromatic heterocycles. The molecule has 0 bridgehead atoms. The number of aryl methyl sites for hydroxylation is 1. The highest BCUT2D eigenvalue weighted by Crippen LogP contribution is 2.32. The number of alkyl halides is 3. The second kappa shape index (κ2) is 12.0. The van der Waals surface area contributed by atoms with E-state index in [1.165, 1.54) is 0 Å². The Bertz CT molecular complexity index is 1580. The van der Waals surface area contributed by atoms with E-state index in [0.717, 1.165) is 66.4 Å². The zero-order valence-electron chi connectivity index (χ0n) is 22.2. The van der Waals surface area contributed by atoms with Crippen LogP contribution in [0.4, 0.5) is 13.2 Å². The average molecular weight is 548 g/mol. The lowest BCUT2D eigenvalue weighted by Gasteiger charge is -2.10. The number of hydrogen-bond acceptors (Lipinski definition) is 2. The van der Waals surface area contributed by atoms with E-state index in [1.807, 2.05) is 66.7 Å². The number of carbonyl (C=O) groups is 1. The van der Waals surface area contributed by atoms with Gasteiger partial charge < -0.3 is 10.1 Å². The van der Waals surface area contributed by atoms with Crippen LogP contribution in [0.5, 0.6) is 0 Å². The number of nitrogens with zero attached hydrogens (tertiary/aromatic N) is 2. The molecule has 0 saturated carbocycles. The molecular weight excluding hydrogens is 515 g/mol. The van der Waals surface area contributed by atoms with Gasteiger partial charge in [0.1, 0.15) is 5.82 Å². The summed E-state index contributed by atoms with van der Waals surface area (Å²) in [6, 6.07) is 21.6. The molecule has 5 nitrogen and oxygen atoms in total. The monoisotopic (exact) mass is 547 g/mol. The molecule has 8 heteroatoms. The van der Waals surface area contributed by atoms with Crippen molar-refractivity contribution in [3.05, 3.63) is 84.1 Å². The van der Waals surface area contributed by atoms with E-state index in [0.29, 0.717) is 22.9 Å². The fourth-order valence-corrected chi connectivity index (χ4v) is 5.30. The molecule has 2 heterocycles. The number of carboxylic acid groups (broad SMARTS) is 1. The number of aromatic nitrogens is 3. The highest BCUT2D eigenvalue weighted by molar-refractivity contribution is 6.08. The number of fused-ring (bicyclic) bond motifs is 2. The normalized spacial score (nSPS) is 12.0. The summed E-state index contributed by atoms with van der Waals surface area (Å²) < 4.78 is 38.4. The fourth-order valence-electron chi connectivity index (χ4n) is 5.30. The third-order valence-electron chi connectivity index (χ3n) is 7.33. The molecule has 0 radical (unpaired) electrons. The average Bonchev–Trinajstić information content (AvgIpc) is 3.55. The van der Waals surface area contributed by atoms with Gasteiger partial charge in [-0.1, -0.05) is 80.6 Å². The second-order valence-electron chi connectivity index (χ2n) is 10.3. The molecular formula is C32H32F3N3O2. The molecule has 0 amide bonds. The summed E-state index contributed by atoms with van der Waals surface area (Å²) in [5.41, 5.74) is 4.44. The molecule has 3 aromatic carbocycles. The van der Waals surface area contributed by atoms with Crippen LogP contribution in [-0.4, -0.2) is 32.0 Å². The number of benzene rings is 3. The van der Waals surface area contributed by atoms with Gasteiger partial charge in [-0.15, -0.1) is 0 Å². The molecule has 0 fully saturated rings. The first-order valence-electron chi connectivity index (χ1n) is 13.8. The van der Waals surface area contributed by atoms with Gasteiger partial charge in [-0.25, -0.2) is 9.48 Å². The zero-order chi connectivity index (χ0) is 28.1. The van der Waals surface area contributed by atoms with Crippen LogP contribution in [0.1, 0.15) is 67.3 Å². The summed E-state index contributed by atoms with van der Waals surface area (Å²) >= 11 is 0. The first-order chi connectivity index (χ1) is 19.3. The smallest absolute Gasteiger partial charge is 0.389 e. The molecule has 208 valence electrons. The Labute approximate surface area is 230 Å². The number of para-hydroxylation sites is 1. The summed E-state index contributed by atoms with van der Waals surface area (Å²) in [7, 11) is 0. The lowest BCUT2D eigenvalue weighted by atomic mass is 9.94. The van der Waals surface area contributed by atoms with Crippen LogP contribution in [0.15, 0.2) is 72.9 Å². The van der Waals surface area contributed by atoms with Gasteiger partial charge >= 0.3 is 12.1 Å². The number of H-pyrrole nitrogens is 1. The van der Waals surface area contributed by atoms with Crippen LogP contribution in [0.2, 0.25) is 0 Å². The predicted octanol–water partition coefficient (Wildman–Crippen LogP) is 9.10. The molecule has 0 aliphatic rings. The molecule has 0 spiro atoms. The van der Waals surface area contributed by atoms with Crippen molar-refractivity contribution in [2.75, 3.05) is 0 Å². The van der Waals surface area contributed by atoms with Crippen LogP contribution in [0.25, 0.3) is 38.8 Å². The Morgan fingerprint density at radius 3 is 2.38 bits per heavy atom. The first-order valence-corrected chi connectivity index (χ1v) is 13.8. The third kappa shape index (κ3) is 6.55. The van der Waals surface area contributed by atoms with Gasteiger partial charge in [0.2, 0.25) is 0 Å². The minimum atomic E-state index is -4.05. The number of hydrogen-bond donors (Lipinski definition) is 2. The molecule has 0 aliphatic heterocycles. The van der Waals surface area contributed by atoms with Gasteiger partial charge in [-0.3, -0.25) is 0 Å². The van der Waals surface area contributed by atoms with E-state index in [-0.39, 0.29) is 12.0 Å². The van der Waals surface area contributed by atoms with Crippen molar-refractivity contribution >= 4 is 27.8 Å². The van der Waals surface area contributed by atoms with Crippen molar-refractivity contribution in [2.45, 2.75) is 64.0 Å². The molecule has 2 N–H and O–H groups in total. The molecule has 0 unspecified atom stereocenters. The van der Waals surface area contributed by atoms with Crippen molar-refractivity contribution < 1.29 is 23.1 Å². The Balaban J connectivity index is 1.26. The van der Waals surface area contributed by atoms with Crippen molar-refractivity contribution in [3.63, 3.8) is 0 Å². The van der Waals surface area contributed by atoms with Crippen LogP contribution < -0.4 is 0 Å². The van der Waals surface area contributed by atoms with Crippen LogP contribution in [-0.2, 0) is 6.42 Å². The topological polar surface area (TPSA) is 70.9 Å². The van der Waals surface area contributed by atoms with Gasteiger partial charge in [0.25, 0.3) is 0 Å². The van der Waals surface area contributed by atoms with Crippen LogP contribution in [0, 0.1) is 0 Å². The molecule has 40 heavy (non-hydrogen) atoms. The molecule has 5 rings (SSSR count). The molecule has 0 saturated heterocycles. The van der Waals surface area contributed by atoms with Gasteiger partial charge in [-0.05, 0) is 54.2 Å². The lowest BCUT2D eigenvalue weighted by Crippen LogP contribution is -2.06. The summed E-state index contributed by atoms with van der Waals surface area (Å²) in [5.74, 6) is -0.240. The highest BCUT2D eigenvalue weighted by atomic mass is 19.4. The molecule has 0 aliphatic carbocycles. The quantitative estimate of drug-likeness (QED) is 0.153. The molecule has 5 aromatic rings. The number of unbranched alkanes of at least 4 members (excludes halogenated alkanes) is 6. The number of aromatic amines is 1. The third-order valence-corrected chi connectivity index (χ3v) is 7.33. The van der Waals surface area contributed by atoms with E-state index in [2.05, 4.69) is 10.1 Å². The number of carboxylic acids is 1. The molecule has 0 atom stereocenters. The van der Waals surface area contributed by atoms with Crippen molar-refractivity contribution in [2.24, 2.45) is 0 Å². The lowest BCUT2D eigenvalue weighted by molar-refractivity contribution is -0.135. The van der Waals surface area contributed by atoms with Crippen molar-refractivity contribution in [1.29, 1.82) is 0 Å². The summed E-state index contributed by atoms with van der Waals surface area (Å²) in [5, 5.41) is 16.5. The van der Waals surface area contributed by atoms with Crippen LogP contribution >= 0.6 is 0 Å². The van der Waals surface area contributed by atoms with E-state index in [4.69, 9.17) is 0 Å². The van der Waals surface area contributed by atoms with Crippen molar-refractivity contribution in [1.82, 2.24) is 14.8 Å². The van der Waals surface area contributed by atoms with Gasteiger partial charge in [0, 0.05) is 28.9 Å². The second-order valence-corrected chi connectivity index (χ2v) is 10.3. The predicted molar refractivity (Wildman–Crippen MR) is 152 cm³/mol. The van der Waals surface area contributed by atoms with E-state index in [1.54, 1.807) is 10.9 Å². The van der Waals surface area contributed by atoms with Gasteiger partial charge in [0.05, 0.1) is 11.1 Å². The largest absolute Gasteiger partial charge is 0.478 e. The number of nitrogens with one attached hydrogen (secondary N) is 1. The van der Waals surface area contributed by atoms with Gasteiger partial charge in [-0.2, -0.15) is 18.3 Å². The maximum atomic E-state index is 12.5. The Morgan fingerprint density at radius 2 is 1.62 bits per heavy atom. The minimum Gasteiger partial charge on any atom is -0.478 e. The fraction of sp³-hybridized carbons (Fsp3) is 0.312. The Kier molecular flexibility index (Phi) is 8.24. The summed E-state index contributed by atoms with van der Waals surface area (Å²) in [6.45, 7) is 0. The highest BCUT2D eigenvalue weighted by Gasteiger charge is 2.25. The van der Waals surface area contributed by atoms with E-state index < -0.39 is 18.6 Å². The standard InChI is InChI=1S/C32H32F3N3O2/c33-32(34,35)18-9-5-3-1-2-4-6-11-22-12-10-14-23(19-22)25-16-17-28-26(30(25)31(39)40)21-38(37-28)29-20-24-13-7-8-15-27(24)36-29/h7-8,10,12-17,19-21,36H,1-6,9,11,18H2,(H,39,40). The van der Waals surface area contributed by atoms with E-state index in [9.17, 15) is 23.1 Å².